The maximum atomic E-state index is 12.2. The lowest BCUT2D eigenvalue weighted by Gasteiger charge is -2.09. The molecule has 3 aromatic carbocycles. The van der Waals surface area contributed by atoms with Gasteiger partial charge in [-0.05, 0) is 42.0 Å². The first kappa shape index (κ1) is 18.2. The van der Waals surface area contributed by atoms with Crippen molar-refractivity contribution in [3.63, 3.8) is 0 Å². The van der Waals surface area contributed by atoms with Crippen molar-refractivity contribution in [3.05, 3.63) is 96.1 Å². The molecule has 3 aromatic rings. The standard InChI is InChI=1S/C22H20N2O3/c25-21(24-19-9-5-2-6-10-19)16-27-20-13-11-18(12-14-20)22(26)23-15-17-7-3-1-4-8-17/h1-14H,15-16H2,(H,23,26)(H,24,25). The third-order valence-corrected chi connectivity index (χ3v) is 3.84. The second-order valence-electron chi connectivity index (χ2n) is 5.90. The van der Waals surface area contributed by atoms with Crippen LogP contribution < -0.4 is 15.4 Å². The summed E-state index contributed by atoms with van der Waals surface area (Å²) in [5.41, 5.74) is 2.29. The lowest BCUT2D eigenvalue weighted by molar-refractivity contribution is -0.118. The number of anilines is 1. The summed E-state index contributed by atoms with van der Waals surface area (Å²) in [5, 5.41) is 5.61. The molecule has 0 bridgehead atoms. The molecule has 0 aliphatic heterocycles. The fraction of sp³-hybridized carbons (Fsp3) is 0.0909. The highest BCUT2D eigenvalue weighted by atomic mass is 16.5. The molecule has 0 radical (unpaired) electrons. The van der Waals surface area contributed by atoms with Crippen LogP contribution in [0.15, 0.2) is 84.9 Å². The molecular formula is C22H20N2O3. The van der Waals surface area contributed by atoms with Crippen molar-refractivity contribution in [2.75, 3.05) is 11.9 Å². The molecule has 136 valence electrons. The lowest BCUT2D eigenvalue weighted by Crippen LogP contribution is -2.22. The minimum absolute atomic E-state index is 0.103. The third-order valence-electron chi connectivity index (χ3n) is 3.84. The van der Waals surface area contributed by atoms with Crippen molar-refractivity contribution in [1.82, 2.24) is 5.32 Å². The van der Waals surface area contributed by atoms with Crippen LogP contribution in [0.4, 0.5) is 5.69 Å². The summed E-state index contributed by atoms with van der Waals surface area (Å²) in [7, 11) is 0. The van der Waals surface area contributed by atoms with Crippen LogP contribution in [0.1, 0.15) is 15.9 Å². The van der Waals surface area contributed by atoms with Crippen molar-refractivity contribution >= 4 is 17.5 Å². The van der Waals surface area contributed by atoms with Crippen LogP contribution in [0.3, 0.4) is 0 Å². The van der Waals surface area contributed by atoms with E-state index >= 15 is 0 Å². The Labute approximate surface area is 158 Å². The number of amides is 2. The van der Waals surface area contributed by atoms with E-state index < -0.39 is 0 Å². The first-order chi connectivity index (χ1) is 13.2. The predicted molar refractivity (Wildman–Crippen MR) is 105 cm³/mol. The van der Waals surface area contributed by atoms with E-state index in [1.807, 2.05) is 48.5 Å². The Balaban J connectivity index is 1.46. The number of benzene rings is 3. The van der Waals surface area contributed by atoms with Crippen LogP contribution in [-0.2, 0) is 11.3 Å². The monoisotopic (exact) mass is 360 g/mol. The van der Waals surface area contributed by atoms with E-state index in [-0.39, 0.29) is 18.4 Å². The van der Waals surface area contributed by atoms with Gasteiger partial charge in [0, 0.05) is 17.8 Å². The summed E-state index contributed by atoms with van der Waals surface area (Å²) in [6.45, 7) is 0.367. The molecule has 5 heteroatoms. The number of carbonyl (C=O) groups is 2. The minimum Gasteiger partial charge on any atom is -0.484 e. The molecule has 0 heterocycles. The average molecular weight is 360 g/mol. The number of ether oxygens (including phenoxy) is 1. The molecule has 2 N–H and O–H groups in total. The van der Waals surface area contributed by atoms with Crippen LogP contribution >= 0.6 is 0 Å². The van der Waals surface area contributed by atoms with Gasteiger partial charge in [-0.2, -0.15) is 0 Å². The summed E-state index contributed by atoms with van der Waals surface area (Å²) in [6, 6.07) is 25.6. The largest absolute Gasteiger partial charge is 0.484 e. The number of rotatable bonds is 7. The summed E-state index contributed by atoms with van der Waals surface area (Å²) in [6.07, 6.45) is 0. The molecule has 3 rings (SSSR count). The van der Waals surface area contributed by atoms with E-state index in [4.69, 9.17) is 4.74 Å². The second-order valence-corrected chi connectivity index (χ2v) is 5.90. The quantitative estimate of drug-likeness (QED) is 0.676. The topological polar surface area (TPSA) is 67.4 Å². The summed E-state index contributed by atoms with van der Waals surface area (Å²) >= 11 is 0. The van der Waals surface area contributed by atoms with Crippen molar-refractivity contribution in [1.29, 1.82) is 0 Å². The van der Waals surface area contributed by atoms with Gasteiger partial charge in [0.25, 0.3) is 11.8 Å². The molecule has 27 heavy (non-hydrogen) atoms. The van der Waals surface area contributed by atoms with E-state index in [0.29, 0.717) is 17.9 Å². The lowest BCUT2D eigenvalue weighted by atomic mass is 10.2. The average Bonchev–Trinajstić information content (AvgIpc) is 2.72. The number of hydrogen-bond acceptors (Lipinski definition) is 3. The molecule has 0 saturated carbocycles. The Morgan fingerprint density at radius 2 is 1.41 bits per heavy atom. The molecule has 2 amide bonds. The summed E-state index contributed by atoms with van der Waals surface area (Å²) in [5.74, 6) is 0.121. The van der Waals surface area contributed by atoms with Crippen LogP contribution in [-0.4, -0.2) is 18.4 Å². The number of nitrogens with one attached hydrogen (secondary N) is 2. The Bertz CT molecular complexity index is 878. The van der Waals surface area contributed by atoms with Gasteiger partial charge in [-0.3, -0.25) is 9.59 Å². The van der Waals surface area contributed by atoms with Gasteiger partial charge in [-0.1, -0.05) is 48.5 Å². The highest BCUT2D eigenvalue weighted by Crippen LogP contribution is 2.13. The molecule has 0 unspecified atom stereocenters. The van der Waals surface area contributed by atoms with Gasteiger partial charge >= 0.3 is 0 Å². The zero-order valence-electron chi connectivity index (χ0n) is 14.7. The minimum atomic E-state index is -0.245. The summed E-state index contributed by atoms with van der Waals surface area (Å²) < 4.78 is 5.46. The maximum Gasteiger partial charge on any atom is 0.262 e. The van der Waals surface area contributed by atoms with Crippen molar-refractivity contribution in [2.24, 2.45) is 0 Å². The Morgan fingerprint density at radius 1 is 0.778 bits per heavy atom. The van der Waals surface area contributed by atoms with E-state index in [9.17, 15) is 9.59 Å². The van der Waals surface area contributed by atoms with E-state index in [2.05, 4.69) is 10.6 Å². The summed E-state index contributed by atoms with van der Waals surface area (Å²) in [4.78, 5) is 24.1. The number of hydrogen-bond donors (Lipinski definition) is 2. The predicted octanol–water partition coefficient (Wildman–Crippen LogP) is 3.63. The second kappa shape index (κ2) is 9.20. The molecule has 0 aromatic heterocycles. The van der Waals surface area contributed by atoms with Crippen LogP contribution in [0.25, 0.3) is 0 Å². The van der Waals surface area contributed by atoms with Gasteiger partial charge in [0.1, 0.15) is 5.75 Å². The van der Waals surface area contributed by atoms with Gasteiger partial charge in [0.05, 0.1) is 0 Å². The number of para-hydroxylation sites is 1. The normalized spacial score (nSPS) is 10.1. The highest BCUT2D eigenvalue weighted by molar-refractivity contribution is 5.94. The van der Waals surface area contributed by atoms with E-state index in [0.717, 1.165) is 11.3 Å². The van der Waals surface area contributed by atoms with Gasteiger partial charge < -0.3 is 15.4 Å². The molecule has 5 nitrogen and oxygen atoms in total. The van der Waals surface area contributed by atoms with Crippen LogP contribution in [0, 0.1) is 0 Å². The molecule has 0 fully saturated rings. The molecule has 0 saturated heterocycles. The Morgan fingerprint density at radius 3 is 2.07 bits per heavy atom. The van der Waals surface area contributed by atoms with Gasteiger partial charge in [-0.25, -0.2) is 0 Å². The van der Waals surface area contributed by atoms with Crippen molar-refractivity contribution in [3.8, 4) is 5.75 Å². The third kappa shape index (κ3) is 5.71. The Kier molecular flexibility index (Phi) is 6.20. The fourth-order valence-electron chi connectivity index (χ4n) is 2.45. The van der Waals surface area contributed by atoms with Gasteiger partial charge in [-0.15, -0.1) is 0 Å². The van der Waals surface area contributed by atoms with Crippen molar-refractivity contribution < 1.29 is 14.3 Å². The highest BCUT2D eigenvalue weighted by Gasteiger charge is 2.07. The zero-order chi connectivity index (χ0) is 18.9. The zero-order valence-corrected chi connectivity index (χ0v) is 14.7. The molecule has 0 atom stereocenters. The Hall–Kier alpha value is -3.60. The number of carbonyl (C=O) groups excluding carboxylic acids is 2. The first-order valence-electron chi connectivity index (χ1n) is 8.60. The van der Waals surface area contributed by atoms with Crippen LogP contribution in [0.2, 0.25) is 0 Å². The molecule has 0 aliphatic carbocycles. The van der Waals surface area contributed by atoms with Gasteiger partial charge in [0.15, 0.2) is 6.61 Å². The van der Waals surface area contributed by atoms with Crippen molar-refractivity contribution in [2.45, 2.75) is 6.54 Å². The maximum absolute atomic E-state index is 12.2. The molecular weight excluding hydrogens is 340 g/mol. The SMILES string of the molecule is O=C(COc1ccc(C(=O)NCc2ccccc2)cc1)Nc1ccccc1. The van der Waals surface area contributed by atoms with E-state index in [1.54, 1.807) is 36.4 Å². The van der Waals surface area contributed by atoms with E-state index in [1.165, 1.54) is 0 Å². The first-order valence-corrected chi connectivity index (χ1v) is 8.60. The fourth-order valence-corrected chi connectivity index (χ4v) is 2.45. The smallest absolute Gasteiger partial charge is 0.262 e. The van der Waals surface area contributed by atoms with Gasteiger partial charge in [0.2, 0.25) is 0 Å². The van der Waals surface area contributed by atoms with Crippen LogP contribution in [0.5, 0.6) is 5.75 Å². The molecule has 0 aliphatic rings. The molecule has 0 spiro atoms.